The van der Waals surface area contributed by atoms with Gasteiger partial charge in [0.2, 0.25) is 0 Å². The van der Waals surface area contributed by atoms with Crippen molar-refractivity contribution in [2.45, 2.75) is 20.8 Å². The Kier molecular flexibility index (Phi) is 3.96. The van der Waals surface area contributed by atoms with Crippen molar-refractivity contribution in [3.63, 3.8) is 0 Å². The third-order valence-corrected chi connectivity index (χ3v) is 5.05. The third kappa shape index (κ3) is 2.89. The molecular formula is C20H25N5. The van der Waals surface area contributed by atoms with Gasteiger partial charge in [-0.1, -0.05) is 23.8 Å². The summed E-state index contributed by atoms with van der Waals surface area (Å²) < 4.78 is 2.03. The average molecular weight is 335 g/mol. The highest BCUT2D eigenvalue weighted by Crippen LogP contribution is 2.28. The molecule has 5 nitrogen and oxygen atoms in total. The Balaban J connectivity index is 1.86. The molecule has 1 saturated heterocycles. The molecule has 0 aliphatic carbocycles. The van der Waals surface area contributed by atoms with Gasteiger partial charge in [0.25, 0.3) is 0 Å². The van der Waals surface area contributed by atoms with E-state index < -0.39 is 0 Å². The summed E-state index contributed by atoms with van der Waals surface area (Å²) in [5.41, 5.74) is 6.58. The van der Waals surface area contributed by atoms with Gasteiger partial charge in [0.1, 0.15) is 5.82 Å². The van der Waals surface area contributed by atoms with Gasteiger partial charge >= 0.3 is 0 Å². The molecule has 4 rings (SSSR count). The molecule has 1 aliphatic rings. The molecule has 5 heteroatoms. The van der Waals surface area contributed by atoms with E-state index in [0.717, 1.165) is 60.2 Å². The van der Waals surface area contributed by atoms with Crippen molar-refractivity contribution in [3.8, 4) is 11.3 Å². The van der Waals surface area contributed by atoms with Crippen LogP contribution in [0.3, 0.4) is 0 Å². The lowest BCUT2D eigenvalue weighted by atomic mass is 10.1. The highest BCUT2D eigenvalue weighted by Gasteiger charge is 2.21. The quantitative estimate of drug-likeness (QED) is 0.721. The second-order valence-electron chi connectivity index (χ2n) is 7.12. The van der Waals surface area contributed by atoms with E-state index >= 15 is 0 Å². The molecule has 1 aliphatic heterocycles. The molecule has 1 fully saturated rings. The summed E-state index contributed by atoms with van der Waals surface area (Å²) in [5, 5.41) is 4.96. The van der Waals surface area contributed by atoms with Gasteiger partial charge in [-0.2, -0.15) is 9.61 Å². The van der Waals surface area contributed by atoms with Crippen LogP contribution >= 0.6 is 0 Å². The van der Waals surface area contributed by atoms with E-state index in [9.17, 15) is 0 Å². The smallest absolute Gasteiger partial charge is 0.161 e. The van der Waals surface area contributed by atoms with Crippen molar-refractivity contribution >= 4 is 11.5 Å². The molecule has 1 aromatic carbocycles. The van der Waals surface area contributed by atoms with Crippen LogP contribution in [0.15, 0.2) is 30.3 Å². The molecule has 130 valence electrons. The van der Waals surface area contributed by atoms with Gasteiger partial charge < -0.3 is 9.80 Å². The Morgan fingerprint density at radius 2 is 1.72 bits per heavy atom. The summed E-state index contributed by atoms with van der Waals surface area (Å²) in [5.74, 6) is 1.15. The Morgan fingerprint density at radius 3 is 2.44 bits per heavy atom. The second kappa shape index (κ2) is 6.15. The van der Waals surface area contributed by atoms with E-state index in [1.54, 1.807) is 0 Å². The van der Waals surface area contributed by atoms with Crippen molar-refractivity contribution in [2.75, 3.05) is 38.1 Å². The number of nitrogens with zero attached hydrogens (tertiary/aromatic N) is 5. The van der Waals surface area contributed by atoms with E-state index in [2.05, 4.69) is 68.0 Å². The number of aryl methyl sites for hydroxylation is 3. The van der Waals surface area contributed by atoms with E-state index in [1.807, 2.05) is 4.52 Å². The lowest BCUT2D eigenvalue weighted by Crippen LogP contribution is -2.45. The fourth-order valence-corrected chi connectivity index (χ4v) is 3.55. The number of benzene rings is 1. The van der Waals surface area contributed by atoms with Gasteiger partial charge in [0, 0.05) is 49.1 Å². The molecule has 0 saturated carbocycles. The standard InChI is InChI=1S/C20H25N5/c1-14-6-5-7-17(12-14)19-16(3)20-21-15(2)13-18(25(20)22-19)24-10-8-23(4)9-11-24/h5-7,12-13H,8-11H2,1-4H3. The summed E-state index contributed by atoms with van der Waals surface area (Å²) in [4.78, 5) is 9.57. The van der Waals surface area contributed by atoms with Crippen LogP contribution in [0.25, 0.3) is 16.9 Å². The zero-order valence-electron chi connectivity index (χ0n) is 15.5. The first kappa shape index (κ1) is 16.1. The molecule has 25 heavy (non-hydrogen) atoms. The molecule has 3 heterocycles. The average Bonchev–Trinajstić information content (AvgIpc) is 2.92. The molecule has 0 amide bonds. The van der Waals surface area contributed by atoms with Crippen molar-refractivity contribution in [1.29, 1.82) is 0 Å². The van der Waals surface area contributed by atoms with Gasteiger partial charge in [-0.15, -0.1) is 0 Å². The molecule has 0 bridgehead atoms. The number of rotatable bonds is 2. The minimum atomic E-state index is 0.963. The van der Waals surface area contributed by atoms with Crippen molar-refractivity contribution in [1.82, 2.24) is 19.5 Å². The first-order valence-electron chi connectivity index (χ1n) is 8.90. The van der Waals surface area contributed by atoms with Crippen LogP contribution in [0, 0.1) is 20.8 Å². The minimum Gasteiger partial charge on any atom is -0.354 e. The Labute approximate surface area is 148 Å². The molecule has 2 aromatic heterocycles. The lowest BCUT2D eigenvalue weighted by molar-refractivity contribution is 0.311. The SMILES string of the molecule is Cc1cccc(-c2nn3c(N4CCN(C)CC4)cc(C)nc3c2C)c1. The van der Waals surface area contributed by atoms with Gasteiger partial charge in [0.15, 0.2) is 5.65 Å². The monoisotopic (exact) mass is 335 g/mol. The largest absolute Gasteiger partial charge is 0.354 e. The van der Waals surface area contributed by atoms with E-state index in [1.165, 1.54) is 5.56 Å². The highest BCUT2D eigenvalue weighted by atomic mass is 15.4. The normalized spacial score (nSPS) is 15.9. The second-order valence-corrected chi connectivity index (χ2v) is 7.12. The number of hydrogen-bond donors (Lipinski definition) is 0. The Bertz CT molecular complexity index is 919. The van der Waals surface area contributed by atoms with Crippen molar-refractivity contribution in [2.24, 2.45) is 0 Å². The van der Waals surface area contributed by atoms with Crippen LogP contribution in [-0.4, -0.2) is 52.7 Å². The Morgan fingerprint density at radius 1 is 0.960 bits per heavy atom. The lowest BCUT2D eigenvalue weighted by Gasteiger charge is -2.34. The van der Waals surface area contributed by atoms with Crippen molar-refractivity contribution in [3.05, 3.63) is 47.2 Å². The number of hydrogen-bond acceptors (Lipinski definition) is 4. The maximum absolute atomic E-state index is 4.96. The van der Waals surface area contributed by atoms with Crippen LogP contribution in [-0.2, 0) is 0 Å². The molecular weight excluding hydrogens is 310 g/mol. The van der Waals surface area contributed by atoms with Crippen LogP contribution in [0.1, 0.15) is 16.8 Å². The fourth-order valence-electron chi connectivity index (χ4n) is 3.55. The number of aromatic nitrogens is 3. The van der Waals surface area contributed by atoms with Gasteiger partial charge in [-0.3, -0.25) is 0 Å². The van der Waals surface area contributed by atoms with Crippen LogP contribution in [0.2, 0.25) is 0 Å². The number of anilines is 1. The molecule has 0 unspecified atom stereocenters. The van der Waals surface area contributed by atoms with Gasteiger partial charge in [-0.05, 0) is 33.9 Å². The van der Waals surface area contributed by atoms with Crippen molar-refractivity contribution < 1.29 is 0 Å². The number of piperazine rings is 1. The molecule has 0 spiro atoms. The zero-order valence-corrected chi connectivity index (χ0v) is 15.5. The summed E-state index contributed by atoms with van der Waals surface area (Å²) in [7, 11) is 2.18. The van der Waals surface area contributed by atoms with Crippen LogP contribution in [0.5, 0.6) is 0 Å². The van der Waals surface area contributed by atoms with Crippen LogP contribution < -0.4 is 4.90 Å². The van der Waals surface area contributed by atoms with Gasteiger partial charge in [-0.25, -0.2) is 4.98 Å². The first-order chi connectivity index (χ1) is 12.0. The first-order valence-corrected chi connectivity index (χ1v) is 8.90. The number of fused-ring (bicyclic) bond motifs is 1. The fraction of sp³-hybridized carbons (Fsp3) is 0.400. The van der Waals surface area contributed by atoms with Crippen LogP contribution in [0.4, 0.5) is 5.82 Å². The maximum atomic E-state index is 4.96. The molecule has 3 aromatic rings. The topological polar surface area (TPSA) is 36.7 Å². The molecule has 0 N–H and O–H groups in total. The molecule has 0 atom stereocenters. The highest BCUT2D eigenvalue weighted by molar-refractivity contribution is 5.72. The minimum absolute atomic E-state index is 0.963. The summed E-state index contributed by atoms with van der Waals surface area (Å²) >= 11 is 0. The maximum Gasteiger partial charge on any atom is 0.161 e. The summed E-state index contributed by atoms with van der Waals surface area (Å²) in [6, 6.07) is 10.7. The Hall–Kier alpha value is -2.40. The van der Waals surface area contributed by atoms with E-state index in [-0.39, 0.29) is 0 Å². The predicted molar refractivity (Wildman–Crippen MR) is 102 cm³/mol. The summed E-state index contributed by atoms with van der Waals surface area (Å²) in [6.45, 7) is 10.5. The summed E-state index contributed by atoms with van der Waals surface area (Å²) in [6.07, 6.45) is 0. The zero-order chi connectivity index (χ0) is 17.6. The predicted octanol–water partition coefficient (Wildman–Crippen LogP) is 3.07. The molecule has 0 radical (unpaired) electrons. The number of likely N-dealkylation sites (N-methyl/N-ethyl adjacent to an activating group) is 1. The van der Waals surface area contributed by atoms with E-state index in [0.29, 0.717) is 0 Å². The third-order valence-electron chi connectivity index (χ3n) is 5.05. The van der Waals surface area contributed by atoms with E-state index in [4.69, 9.17) is 10.1 Å². The van der Waals surface area contributed by atoms with Gasteiger partial charge in [0.05, 0.1) is 5.69 Å².